The van der Waals surface area contributed by atoms with Crippen LogP contribution in [0.5, 0.6) is 11.5 Å². The van der Waals surface area contributed by atoms with Crippen molar-refractivity contribution in [3.63, 3.8) is 0 Å². The van der Waals surface area contributed by atoms with E-state index in [9.17, 15) is 9.59 Å². The van der Waals surface area contributed by atoms with E-state index in [1.54, 1.807) is 13.2 Å². The van der Waals surface area contributed by atoms with Crippen LogP contribution in [0.25, 0.3) is 6.08 Å². The monoisotopic (exact) mass is 465 g/mol. The summed E-state index contributed by atoms with van der Waals surface area (Å²) >= 11 is 6.46. The largest absolute Gasteiger partial charge is 0.493 e. The van der Waals surface area contributed by atoms with Gasteiger partial charge in [-0.1, -0.05) is 70.1 Å². The SMILES string of the molecule is CCCCCCOc1ccc(/C=C2\SC(=S)N(CC(=O)OCC(C)C)C2=O)cc1OC. The van der Waals surface area contributed by atoms with Crippen molar-refractivity contribution < 1.29 is 23.8 Å². The molecule has 0 atom stereocenters. The molecule has 0 spiro atoms. The highest BCUT2D eigenvalue weighted by Gasteiger charge is 2.33. The van der Waals surface area contributed by atoms with E-state index in [-0.39, 0.29) is 18.4 Å². The molecule has 0 radical (unpaired) electrons. The molecule has 1 aromatic carbocycles. The molecule has 170 valence electrons. The van der Waals surface area contributed by atoms with Crippen molar-refractivity contribution >= 4 is 46.3 Å². The molecule has 31 heavy (non-hydrogen) atoms. The lowest BCUT2D eigenvalue weighted by molar-refractivity contribution is -0.147. The lowest BCUT2D eigenvalue weighted by Gasteiger charge is -2.14. The number of hydrogen-bond acceptors (Lipinski definition) is 7. The molecular formula is C23H31NO5S2. The third-order valence-corrected chi connectivity index (χ3v) is 5.86. The van der Waals surface area contributed by atoms with Gasteiger partial charge >= 0.3 is 5.97 Å². The second-order valence-electron chi connectivity index (χ2n) is 7.66. The second kappa shape index (κ2) is 12.7. The molecule has 0 aromatic heterocycles. The topological polar surface area (TPSA) is 65.1 Å². The standard InChI is InChI=1S/C23H31NO5S2/c1-5-6-7-8-11-28-18-10-9-17(12-19(18)27-4)13-20-22(26)24(23(30)31-20)14-21(25)29-15-16(2)3/h9-10,12-13,16H,5-8,11,14-15H2,1-4H3/b20-13-. The molecule has 8 heteroatoms. The summed E-state index contributed by atoms with van der Waals surface area (Å²) in [4.78, 5) is 26.5. The van der Waals surface area contributed by atoms with E-state index in [4.69, 9.17) is 26.4 Å². The highest BCUT2D eigenvalue weighted by molar-refractivity contribution is 8.26. The van der Waals surface area contributed by atoms with E-state index >= 15 is 0 Å². The number of amides is 1. The van der Waals surface area contributed by atoms with Crippen LogP contribution in [0.4, 0.5) is 0 Å². The predicted octanol–water partition coefficient (Wildman–Crippen LogP) is 5.05. The van der Waals surface area contributed by atoms with Gasteiger partial charge in [-0.15, -0.1) is 0 Å². The molecule has 1 fully saturated rings. The van der Waals surface area contributed by atoms with Crippen LogP contribution < -0.4 is 9.47 Å². The Morgan fingerprint density at radius 2 is 2.00 bits per heavy atom. The molecule has 0 aliphatic carbocycles. The number of thiocarbonyl (C=S) groups is 1. The number of carbonyl (C=O) groups excluding carboxylic acids is 2. The van der Waals surface area contributed by atoms with Crippen LogP contribution in [0.2, 0.25) is 0 Å². The van der Waals surface area contributed by atoms with E-state index in [0.29, 0.717) is 33.9 Å². The van der Waals surface area contributed by atoms with E-state index in [1.807, 2.05) is 32.0 Å². The zero-order valence-corrected chi connectivity index (χ0v) is 20.3. The predicted molar refractivity (Wildman–Crippen MR) is 128 cm³/mol. The van der Waals surface area contributed by atoms with E-state index in [2.05, 4.69) is 6.92 Å². The molecule has 0 unspecified atom stereocenters. The third-order valence-electron chi connectivity index (χ3n) is 4.48. The molecule has 0 N–H and O–H groups in total. The van der Waals surface area contributed by atoms with E-state index < -0.39 is 5.97 Å². The first-order valence-electron chi connectivity index (χ1n) is 10.6. The van der Waals surface area contributed by atoms with Crippen molar-refractivity contribution in [3.8, 4) is 11.5 Å². The minimum atomic E-state index is -0.464. The summed E-state index contributed by atoms with van der Waals surface area (Å²) in [7, 11) is 1.59. The summed E-state index contributed by atoms with van der Waals surface area (Å²) in [5, 5.41) is 0. The molecule has 1 saturated heterocycles. The van der Waals surface area contributed by atoms with Crippen LogP contribution in [0.1, 0.15) is 52.0 Å². The Hall–Kier alpha value is -2.06. The number of carbonyl (C=O) groups is 2. The van der Waals surface area contributed by atoms with Crippen molar-refractivity contribution in [2.45, 2.75) is 46.5 Å². The van der Waals surface area contributed by atoms with Gasteiger partial charge in [-0.2, -0.15) is 0 Å². The van der Waals surface area contributed by atoms with Gasteiger partial charge in [-0.25, -0.2) is 0 Å². The van der Waals surface area contributed by atoms with Crippen LogP contribution in [0.3, 0.4) is 0 Å². The fourth-order valence-corrected chi connectivity index (χ4v) is 4.08. The number of unbranched alkanes of at least 4 members (excludes halogenated alkanes) is 3. The molecule has 1 heterocycles. The van der Waals surface area contributed by atoms with Gasteiger partial charge in [-0.05, 0) is 36.1 Å². The Bertz CT molecular complexity index is 822. The van der Waals surface area contributed by atoms with Crippen LogP contribution >= 0.6 is 24.0 Å². The minimum absolute atomic E-state index is 0.178. The molecule has 6 nitrogen and oxygen atoms in total. The summed E-state index contributed by atoms with van der Waals surface area (Å²) in [5.41, 5.74) is 0.790. The average Bonchev–Trinajstić information content (AvgIpc) is 3.00. The Morgan fingerprint density at radius 1 is 1.23 bits per heavy atom. The van der Waals surface area contributed by atoms with Gasteiger partial charge in [-0.3, -0.25) is 14.5 Å². The van der Waals surface area contributed by atoms with Gasteiger partial charge in [0.15, 0.2) is 11.5 Å². The number of esters is 1. The maximum Gasteiger partial charge on any atom is 0.326 e. The fraction of sp³-hybridized carbons (Fsp3) is 0.522. The first-order chi connectivity index (χ1) is 14.8. The Labute approximate surface area is 194 Å². The van der Waals surface area contributed by atoms with Crippen LogP contribution in [0.15, 0.2) is 23.1 Å². The third kappa shape index (κ3) is 7.85. The van der Waals surface area contributed by atoms with Crippen molar-refractivity contribution in [2.75, 3.05) is 26.9 Å². The maximum atomic E-state index is 12.7. The highest BCUT2D eigenvalue weighted by Crippen LogP contribution is 2.34. The minimum Gasteiger partial charge on any atom is -0.493 e. The molecule has 1 aliphatic heterocycles. The molecule has 0 saturated carbocycles. The van der Waals surface area contributed by atoms with Crippen molar-refractivity contribution in [1.29, 1.82) is 0 Å². The second-order valence-corrected chi connectivity index (χ2v) is 9.34. The smallest absolute Gasteiger partial charge is 0.326 e. The number of rotatable bonds is 12. The quantitative estimate of drug-likeness (QED) is 0.185. The summed E-state index contributed by atoms with van der Waals surface area (Å²) in [5.74, 6) is 0.752. The summed E-state index contributed by atoms with van der Waals surface area (Å²) in [6.07, 6.45) is 6.27. The average molecular weight is 466 g/mol. The van der Waals surface area contributed by atoms with Crippen molar-refractivity contribution in [3.05, 3.63) is 28.7 Å². The number of hydrogen-bond donors (Lipinski definition) is 0. The molecule has 0 bridgehead atoms. The van der Waals surface area contributed by atoms with Gasteiger partial charge in [0, 0.05) is 0 Å². The van der Waals surface area contributed by atoms with Crippen LogP contribution in [-0.2, 0) is 14.3 Å². The zero-order chi connectivity index (χ0) is 22.8. The number of methoxy groups -OCH3 is 1. The van der Waals surface area contributed by atoms with Gasteiger partial charge in [0.25, 0.3) is 5.91 Å². The summed E-state index contributed by atoms with van der Waals surface area (Å²) < 4.78 is 16.8. The van der Waals surface area contributed by atoms with Crippen LogP contribution in [-0.4, -0.2) is 48.0 Å². The van der Waals surface area contributed by atoms with Gasteiger partial charge < -0.3 is 14.2 Å². The van der Waals surface area contributed by atoms with Crippen LogP contribution in [0, 0.1) is 5.92 Å². The molecule has 2 rings (SSSR count). The Morgan fingerprint density at radius 3 is 2.68 bits per heavy atom. The first-order valence-corrected chi connectivity index (χ1v) is 11.8. The lowest BCUT2D eigenvalue weighted by Crippen LogP contribution is -2.34. The fourth-order valence-electron chi connectivity index (χ4n) is 2.83. The molecular weight excluding hydrogens is 434 g/mol. The van der Waals surface area contributed by atoms with Crippen molar-refractivity contribution in [1.82, 2.24) is 4.90 Å². The number of nitrogens with zero attached hydrogens (tertiary/aromatic N) is 1. The van der Waals surface area contributed by atoms with Crippen molar-refractivity contribution in [2.24, 2.45) is 5.92 Å². The molecule has 1 aromatic rings. The normalized spacial score (nSPS) is 15.1. The highest BCUT2D eigenvalue weighted by atomic mass is 32.2. The van der Waals surface area contributed by atoms with E-state index in [1.165, 1.54) is 29.5 Å². The number of ether oxygens (including phenoxy) is 3. The maximum absolute atomic E-state index is 12.7. The van der Waals surface area contributed by atoms with Gasteiger partial charge in [0.05, 0.1) is 25.2 Å². The Balaban J connectivity index is 2.03. The summed E-state index contributed by atoms with van der Waals surface area (Å²) in [6.45, 7) is 6.86. The van der Waals surface area contributed by atoms with Gasteiger partial charge in [0.2, 0.25) is 0 Å². The molecule has 1 aliphatic rings. The summed E-state index contributed by atoms with van der Waals surface area (Å²) in [6, 6.07) is 5.53. The number of benzene rings is 1. The first kappa shape index (κ1) is 25.2. The van der Waals surface area contributed by atoms with E-state index in [0.717, 1.165) is 18.4 Å². The zero-order valence-electron chi connectivity index (χ0n) is 18.6. The lowest BCUT2D eigenvalue weighted by atomic mass is 10.1. The van der Waals surface area contributed by atoms with Gasteiger partial charge in [0.1, 0.15) is 10.9 Å². The Kier molecular flexibility index (Phi) is 10.3. The number of thioether (sulfide) groups is 1. The molecule has 1 amide bonds.